The number of carbonyl (C=O) groups excluding carboxylic acids is 1. The number of aryl methyl sites for hydroxylation is 1. The topological polar surface area (TPSA) is 58.4 Å². The van der Waals surface area contributed by atoms with Gasteiger partial charge in [0.25, 0.3) is 5.56 Å². The van der Waals surface area contributed by atoms with Crippen LogP contribution in [0.25, 0.3) is 27.7 Å². The molecule has 2 aliphatic heterocycles. The number of carbonyl (C=O) groups is 1. The number of hydrogen-bond donors (Lipinski definition) is 0. The maximum Gasteiger partial charge on any atom is 0.281 e. The molecule has 212 valence electrons. The van der Waals surface area contributed by atoms with E-state index in [-0.39, 0.29) is 39.9 Å². The molecule has 0 N–H and O–H groups in total. The number of hydrogen-bond acceptors (Lipinski definition) is 4. The number of fused-ring (bicyclic) bond motifs is 5. The number of nitrogens with zero attached hydrogens (tertiary/aromatic N) is 4. The van der Waals surface area contributed by atoms with Crippen LogP contribution >= 0.6 is 0 Å². The van der Waals surface area contributed by atoms with Crippen LogP contribution in [0, 0.1) is 30.3 Å². The predicted molar refractivity (Wildman–Crippen MR) is 154 cm³/mol. The third-order valence-electron chi connectivity index (χ3n) is 8.42. The van der Waals surface area contributed by atoms with Crippen LogP contribution < -0.4 is 15.4 Å². The van der Waals surface area contributed by atoms with Crippen molar-refractivity contribution in [3.63, 3.8) is 0 Å². The smallest absolute Gasteiger partial charge is 0.281 e. The third-order valence-corrected chi connectivity index (χ3v) is 8.42. The second-order valence-electron chi connectivity index (χ2n) is 11.5. The molecule has 9 heteroatoms. The minimum absolute atomic E-state index is 0.0586. The second-order valence-corrected chi connectivity index (χ2v) is 11.5. The Labute approximate surface area is 236 Å². The molecule has 1 amide bonds. The van der Waals surface area contributed by atoms with E-state index in [4.69, 9.17) is 0 Å². The average molecular weight is 561 g/mol. The van der Waals surface area contributed by atoms with Gasteiger partial charge in [0.2, 0.25) is 5.91 Å². The van der Waals surface area contributed by atoms with Gasteiger partial charge in [-0.25, -0.2) is 13.2 Å². The van der Waals surface area contributed by atoms with E-state index >= 15 is 8.78 Å². The van der Waals surface area contributed by atoms with E-state index < -0.39 is 34.6 Å². The Morgan fingerprint density at radius 3 is 2.41 bits per heavy atom. The molecule has 2 aromatic carbocycles. The number of benzene rings is 2. The maximum atomic E-state index is 16.9. The first-order valence-electron chi connectivity index (χ1n) is 13.9. The maximum absolute atomic E-state index is 16.9. The summed E-state index contributed by atoms with van der Waals surface area (Å²) in [5.41, 5.74) is 0.337. The Morgan fingerprint density at radius 1 is 0.976 bits per heavy atom. The highest BCUT2D eigenvalue weighted by Crippen LogP contribution is 2.46. The van der Waals surface area contributed by atoms with E-state index in [1.54, 1.807) is 19.2 Å². The van der Waals surface area contributed by atoms with Gasteiger partial charge in [-0.3, -0.25) is 19.1 Å². The van der Waals surface area contributed by atoms with Crippen molar-refractivity contribution in [2.24, 2.45) is 5.92 Å². The molecule has 1 fully saturated rings. The fourth-order valence-electron chi connectivity index (χ4n) is 6.44. The number of rotatable bonds is 3. The van der Waals surface area contributed by atoms with Gasteiger partial charge in [-0.05, 0) is 55.4 Å². The summed E-state index contributed by atoms with van der Waals surface area (Å²) < 4.78 is 49.1. The molecule has 6 rings (SSSR count). The van der Waals surface area contributed by atoms with Crippen LogP contribution in [0.15, 0.2) is 47.4 Å². The molecule has 2 aromatic heterocycles. The minimum Gasteiger partial charge on any atom is -0.357 e. The van der Waals surface area contributed by atoms with E-state index in [2.05, 4.69) is 4.98 Å². The Bertz CT molecular complexity index is 1800. The van der Waals surface area contributed by atoms with Crippen LogP contribution in [-0.2, 0) is 4.79 Å². The molecule has 0 unspecified atom stereocenters. The van der Waals surface area contributed by atoms with Crippen molar-refractivity contribution >= 4 is 28.2 Å². The highest BCUT2D eigenvalue weighted by molar-refractivity contribution is 6.12. The third kappa shape index (κ3) is 3.96. The number of likely N-dealkylation sites (N-methyl/N-ethyl adjacent to an activating group) is 1. The molecular formula is C32H31F3N4O2. The zero-order chi connectivity index (χ0) is 29.3. The summed E-state index contributed by atoms with van der Waals surface area (Å²) in [7, 11) is 1.54. The van der Waals surface area contributed by atoms with Crippen molar-refractivity contribution in [2.75, 3.05) is 23.4 Å². The fourth-order valence-corrected chi connectivity index (χ4v) is 6.44. The van der Waals surface area contributed by atoms with Crippen LogP contribution in [0.2, 0.25) is 0 Å². The molecule has 2 atom stereocenters. The first kappa shape index (κ1) is 27.1. The number of pyridine rings is 2. The Morgan fingerprint density at radius 2 is 1.71 bits per heavy atom. The van der Waals surface area contributed by atoms with Gasteiger partial charge in [-0.2, -0.15) is 0 Å². The molecule has 2 aliphatic rings. The molecule has 1 saturated heterocycles. The number of aromatic nitrogens is 2. The lowest BCUT2D eigenvalue weighted by molar-refractivity contribution is -0.120. The summed E-state index contributed by atoms with van der Waals surface area (Å²) in [5, 5.41) is 0.145. The van der Waals surface area contributed by atoms with Gasteiger partial charge in [-0.15, -0.1) is 0 Å². The van der Waals surface area contributed by atoms with Gasteiger partial charge in [0.1, 0.15) is 23.4 Å². The van der Waals surface area contributed by atoms with Crippen molar-refractivity contribution < 1.29 is 18.0 Å². The lowest BCUT2D eigenvalue weighted by Crippen LogP contribution is -2.57. The fraction of sp³-hybridized carbons (Fsp3) is 0.344. The minimum atomic E-state index is -1.05. The molecule has 6 nitrogen and oxygen atoms in total. The zero-order valence-electron chi connectivity index (χ0n) is 23.6. The lowest BCUT2D eigenvalue weighted by atomic mass is 9.89. The zero-order valence-corrected chi connectivity index (χ0v) is 23.6. The molecule has 0 aliphatic carbocycles. The second kappa shape index (κ2) is 9.75. The average Bonchev–Trinajstić information content (AvgIpc) is 2.92. The van der Waals surface area contributed by atoms with Crippen molar-refractivity contribution in [1.82, 2.24) is 9.55 Å². The monoisotopic (exact) mass is 560 g/mol. The Balaban J connectivity index is 1.85. The molecule has 0 bridgehead atoms. The molecule has 4 heterocycles. The summed E-state index contributed by atoms with van der Waals surface area (Å²) in [4.78, 5) is 35.8. The van der Waals surface area contributed by atoms with Gasteiger partial charge in [0.15, 0.2) is 5.82 Å². The Hall–Kier alpha value is -4.14. The largest absolute Gasteiger partial charge is 0.357 e. The molecule has 0 radical (unpaired) electrons. The van der Waals surface area contributed by atoms with Crippen LogP contribution in [0.5, 0.6) is 0 Å². The van der Waals surface area contributed by atoms with Gasteiger partial charge in [0.05, 0.1) is 28.1 Å². The van der Waals surface area contributed by atoms with E-state index in [1.807, 2.05) is 25.7 Å². The summed E-state index contributed by atoms with van der Waals surface area (Å²) in [6.07, 6.45) is 3.00. The first-order valence-corrected chi connectivity index (χ1v) is 13.9. The van der Waals surface area contributed by atoms with Crippen LogP contribution in [0.4, 0.5) is 24.5 Å². The Kier molecular flexibility index (Phi) is 6.43. The number of anilines is 2. The van der Waals surface area contributed by atoms with Gasteiger partial charge in [0, 0.05) is 30.7 Å². The number of piperidine rings is 1. The van der Waals surface area contributed by atoms with Gasteiger partial charge >= 0.3 is 0 Å². The molecule has 4 aromatic rings. The van der Waals surface area contributed by atoms with Crippen molar-refractivity contribution in [1.29, 1.82) is 0 Å². The molecular weight excluding hydrogens is 529 g/mol. The SMILES string of the molecule is Cc1ccnc(C(C)C)c1-n1c(=O)c2c(c3cc(F)c(-c4ccccc4F)c(F)c31)N1C[C@@H](C)CC[C@@H]1C(=O)N2C. The van der Waals surface area contributed by atoms with Crippen LogP contribution in [-0.4, -0.2) is 35.1 Å². The van der Waals surface area contributed by atoms with E-state index in [0.29, 0.717) is 35.6 Å². The summed E-state index contributed by atoms with van der Waals surface area (Å²) in [6.45, 7) is 8.11. The van der Waals surface area contributed by atoms with Crippen molar-refractivity contribution in [3.05, 3.63) is 81.7 Å². The van der Waals surface area contributed by atoms with E-state index in [1.165, 1.54) is 40.8 Å². The predicted octanol–water partition coefficient (Wildman–Crippen LogP) is 6.48. The van der Waals surface area contributed by atoms with Crippen LogP contribution in [0.1, 0.15) is 50.8 Å². The van der Waals surface area contributed by atoms with Crippen molar-refractivity contribution in [3.8, 4) is 16.8 Å². The standard InChI is InChI=1S/C32H31F3N4O2/c1-16(2)26-27(18(4)12-13-36-26)39-28-20(14-22(34)24(25(28)35)19-8-6-7-9-21(19)33)29-30(32(39)41)37(5)31(40)23-11-10-17(3)15-38(23)29/h6-9,12-14,16-17,23H,10-11,15H2,1-5H3/t17-,23+/m0/s1. The van der Waals surface area contributed by atoms with Gasteiger partial charge < -0.3 is 9.80 Å². The summed E-state index contributed by atoms with van der Waals surface area (Å²) >= 11 is 0. The number of halogens is 3. The molecule has 0 saturated carbocycles. The first-order chi connectivity index (χ1) is 19.5. The summed E-state index contributed by atoms with van der Waals surface area (Å²) in [5.74, 6) is -2.97. The highest BCUT2D eigenvalue weighted by atomic mass is 19.1. The lowest BCUT2D eigenvalue weighted by Gasteiger charge is -2.46. The molecule has 41 heavy (non-hydrogen) atoms. The van der Waals surface area contributed by atoms with Crippen molar-refractivity contribution in [2.45, 2.75) is 52.5 Å². The van der Waals surface area contributed by atoms with Crippen LogP contribution in [0.3, 0.4) is 0 Å². The molecule has 0 spiro atoms. The quantitative estimate of drug-likeness (QED) is 0.288. The number of amides is 1. The summed E-state index contributed by atoms with van der Waals surface area (Å²) in [6, 6.07) is 7.74. The van der Waals surface area contributed by atoms with E-state index in [9.17, 15) is 14.0 Å². The normalized spacial score (nSPS) is 18.7. The highest BCUT2D eigenvalue weighted by Gasteiger charge is 2.43. The van der Waals surface area contributed by atoms with Gasteiger partial charge in [-0.1, -0.05) is 39.0 Å². The van der Waals surface area contributed by atoms with E-state index in [0.717, 1.165) is 12.5 Å².